The van der Waals surface area contributed by atoms with E-state index in [2.05, 4.69) is 10.4 Å². The zero-order chi connectivity index (χ0) is 19.2. The van der Waals surface area contributed by atoms with E-state index in [9.17, 15) is 9.59 Å². The Morgan fingerprint density at radius 3 is 2.67 bits per heavy atom. The molecule has 0 saturated carbocycles. The SMILES string of the molecule is Cc1nn(Cc2ccccc2)c(C)c1CNC(=O)COC(=O)c1ccoc1. The predicted octanol–water partition coefficient (Wildman–Crippen LogP) is 2.61. The van der Waals surface area contributed by atoms with E-state index in [0.29, 0.717) is 13.1 Å². The van der Waals surface area contributed by atoms with E-state index in [1.807, 2.05) is 48.9 Å². The summed E-state index contributed by atoms with van der Waals surface area (Å²) >= 11 is 0. The number of nitrogens with one attached hydrogen (secondary N) is 1. The van der Waals surface area contributed by atoms with Crippen LogP contribution in [-0.4, -0.2) is 28.3 Å². The summed E-state index contributed by atoms with van der Waals surface area (Å²) in [5, 5.41) is 7.33. The van der Waals surface area contributed by atoms with Crippen LogP contribution < -0.4 is 5.32 Å². The van der Waals surface area contributed by atoms with E-state index in [0.717, 1.165) is 22.5 Å². The molecule has 3 aromatic rings. The van der Waals surface area contributed by atoms with Crippen molar-refractivity contribution < 1.29 is 18.7 Å². The number of furan rings is 1. The molecule has 0 atom stereocenters. The Bertz CT molecular complexity index is 914. The van der Waals surface area contributed by atoms with Crippen LogP contribution in [0.4, 0.5) is 0 Å². The summed E-state index contributed by atoms with van der Waals surface area (Å²) in [6.07, 6.45) is 2.64. The van der Waals surface area contributed by atoms with E-state index < -0.39 is 5.97 Å². The van der Waals surface area contributed by atoms with Gasteiger partial charge in [0.1, 0.15) is 6.26 Å². The number of benzene rings is 1. The van der Waals surface area contributed by atoms with Crippen molar-refractivity contribution in [2.75, 3.05) is 6.61 Å². The number of esters is 1. The van der Waals surface area contributed by atoms with Gasteiger partial charge >= 0.3 is 5.97 Å². The maximum atomic E-state index is 12.0. The number of ether oxygens (including phenoxy) is 1. The summed E-state index contributed by atoms with van der Waals surface area (Å²) in [4.78, 5) is 23.7. The number of amides is 1. The van der Waals surface area contributed by atoms with Crippen LogP contribution in [0.3, 0.4) is 0 Å². The third-order valence-corrected chi connectivity index (χ3v) is 4.26. The van der Waals surface area contributed by atoms with Crippen LogP contribution in [0.1, 0.15) is 32.9 Å². The van der Waals surface area contributed by atoms with Gasteiger partial charge in [0.25, 0.3) is 5.91 Å². The lowest BCUT2D eigenvalue weighted by atomic mass is 10.2. The van der Waals surface area contributed by atoms with Crippen LogP contribution in [0.5, 0.6) is 0 Å². The van der Waals surface area contributed by atoms with E-state index in [-0.39, 0.29) is 18.1 Å². The Morgan fingerprint density at radius 2 is 1.96 bits per heavy atom. The van der Waals surface area contributed by atoms with Gasteiger partial charge in [-0.25, -0.2) is 4.79 Å². The van der Waals surface area contributed by atoms with Gasteiger partial charge in [-0.2, -0.15) is 5.10 Å². The largest absolute Gasteiger partial charge is 0.472 e. The van der Waals surface area contributed by atoms with Crippen molar-refractivity contribution in [1.29, 1.82) is 0 Å². The summed E-state index contributed by atoms with van der Waals surface area (Å²) in [5.41, 5.74) is 4.24. The third-order valence-electron chi connectivity index (χ3n) is 4.26. The van der Waals surface area contributed by atoms with Gasteiger partial charge in [0.2, 0.25) is 0 Å². The summed E-state index contributed by atoms with van der Waals surface area (Å²) in [5.74, 6) is -0.969. The average molecular weight is 367 g/mol. The summed E-state index contributed by atoms with van der Waals surface area (Å²) in [6, 6.07) is 11.5. The van der Waals surface area contributed by atoms with Gasteiger partial charge in [-0.15, -0.1) is 0 Å². The van der Waals surface area contributed by atoms with Crippen LogP contribution in [0.25, 0.3) is 0 Å². The molecular formula is C20H21N3O4. The van der Waals surface area contributed by atoms with Crippen molar-refractivity contribution in [3.8, 4) is 0 Å². The molecule has 0 aliphatic rings. The molecule has 27 heavy (non-hydrogen) atoms. The second-order valence-corrected chi connectivity index (χ2v) is 6.16. The summed E-state index contributed by atoms with van der Waals surface area (Å²) in [6.45, 7) is 4.54. The molecule has 0 unspecified atom stereocenters. The first-order chi connectivity index (χ1) is 13.0. The van der Waals surface area contributed by atoms with Gasteiger partial charge in [0, 0.05) is 17.8 Å². The van der Waals surface area contributed by atoms with E-state index in [1.54, 1.807) is 0 Å². The first-order valence-corrected chi connectivity index (χ1v) is 8.57. The van der Waals surface area contributed by atoms with Gasteiger partial charge < -0.3 is 14.5 Å². The van der Waals surface area contributed by atoms with Crippen LogP contribution >= 0.6 is 0 Å². The molecule has 7 heteroatoms. The van der Waals surface area contributed by atoms with Gasteiger partial charge in [0.05, 0.1) is 24.1 Å². The van der Waals surface area contributed by atoms with Gasteiger partial charge in [-0.1, -0.05) is 30.3 Å². The third kappa shape index (κ3) is 4.63. The zero-order valence-corrected chi connectivity index (χ0v) is 15.3. The van der Waals surface area contributed by atoms with Crippen LogP contribution in [0.15, 0.2) is 53.3 Å². The fourth-order valence-corrected chi connectivity index (χ4v) is 2.73. The Morgan fingerprint density at radius 1 is 1.19 bits per heavy atom. The minimum atomic E-state index is -0.595. The highest BCUT2D eigenvalue weighted by Gasteiger charge is 2.14. The molecule has 0 bridgehead atoms. The van der Waals surface area contributed by atoms with Crippen molar-refractivity contribution in [2.24, 2.45) is 0 Å². The minimum absolute atomic E-state index is 0.275. The fraction of sp³-hybridized carbons (Fsp3) is 0.250. The van der Waals surface area contributed by atoms with Gasteiger partial charge in [-0.3, -0.25) is 9.48 Å². The molecule has 0 aliphatic heterocycles. The Labute approximate surface area is 156 Å². The molecule has 0 spiro atoms. The molecule has 2 heterocycles. The molecule has 0 fully saturated rings. The van der Waals surface area contributed by atoms with Crippen molar-refractivity contribution in [2.45, 2.75) is 26.9 Å². The molecular weight excluding hydrogens is 346 g/mol. The molecule has 2 aromatic heterocycles. The van der Waals surface area contributed by atoms with Crippen molar-refractivity contribution >= 4 is 11.9 Å². The lowest BCUT2D eigenvalue weighted by Crippen LogP contribution is -2.28. The minimum Gasteiger partial charge on any atom is -0.472 e. The maximum absolute atomic E-state index is 12.0. The Kier molecular flexibility index (Phi) is 5.71. The van der Waals surface area contributed by atoms with E-state index >= 15 is 0 Å². The standard InChI is InChI=1S/C20H21N3O4/c1-14-18(15(2)23(22-14)11-16-6-4-3-5-7-16)10-21-19(24)13-27-20(25)17-8-9-26-12-17/h3-9,12H,10-11,13H2,1-2H3,(H,21,24). The lowest BCUT2D eigenvalue weighted by molar-refractivity contribution is -0.124. The number of rotatable bonds is 7. The highest BCUT2D eigenvalue weighted by atomic mass is 16.5. The fourth-order valence-electron chi connectivity index (χ4n) is 2.73. The van der Waals surface area contributed by atoms with Crippen LogP contribution in [0.2, 0.25) is 0 Å². The zero-order valence-electron chi connectivity index (χ0n) is 15.3. The summed E-state index contributed by atoms with van der Waals surface area (Å²) in [7, 11) is 0. The first-order valence-electron chi connectivity index (χ1n) is 8.57. The molecule has 1 aromatic carbocycles. The van der Waals surface area contributed by atoms with Crippen molar-refractivity contribution in [3.05, 3.63) is 77.0 Å². The monoisotopic (exact) mass is 367 g/mol. The lowest BCUT2D eigenvalue weighted by Gasteiger charge is -2.08. The smallest absolute Gasteiger partial charge is 0.341 e. The number of aryl methyl sites for hydroxylation is 1. The highest BCUT2D eigenvalue weighted by molar-refractivity contribution is 5.90. The number of hydrogen-bond acceptors (Lipinski definition) is 5. The molecule has 0 saturated heterocycles. The number of hydrogen-bond donors (Lipinski definition) is 1. The topological polar surface area (TPSA) is 86.4 Å². The number of carbonyl (C=O) groups is 2. The Hall–Kier alpha value is -3.35. The molecule has 3 rings (SSSR count). The normalized spacial score (nSPS) is 10.6. The number of carbonyl (C=O) groups excluding carboxylic acids is 2. The molecule has 0 aliphatic carbocycles. The second-order valence-electron chi connectivity index (χ2n) is 6.16. The first kappa shape index (κ1) is 18.4. The van der Waals surface area contributed by atoms with Gasteiger partial charge in [-0.05, 0) is 25.5 Å². The molecule has 1 N–H and O–H groups in total. The van der Waals surface area contributed by atoms with E-state index in [1.165, 1.54) is 18.6 Å². The maximum Gasteiger partial charge on any atom is 0.341 e. The van der Waals surface area contributed by atoms with Gasteiger partial charge in [0.15, 0.2) is 6.61 Å². The van der Waals surface area contributed by atoms with Crippen LogP contribution in [-0.2, 0) is 22.6 Å². The van der Waals surface area contributed by atoms with Crippen molar-refractivity contribution in [1.82, 2.24) is 15.1 Å². The highest BCUT2D eigenvalue weighted by Crippen LogP contribution is 2.14. The quantitative estimate of drug-likeness (QED) is 0.649. The molecule has 1 amide bonds. The molecule has 0 radical (unpaired) electrons. The van der Waals surface area contributed by atoms with Crippen LogP contribution in [0, 0.1) is 13.8 Å². The number of nitrogens with zero attached hydrogens (tertiary/aromatic N) is 2. The van der Waals surface area contributed by atoms with Crippen molar-refractivity contribution in [3.63, 3.8) is 0 Å². The molecule has 7 nitrogen and oxygen atoms in total. The average Bonchev–Trinajstić information content (AvgIpc) is 3.29. The predicted molar refractivity (Wildman–Crippen MR) is 98.1 cm³/mol. The second kappa shape index (κ2) is 8.35. The Balaban J connectivity index is 1.54. The summed E-state index contributed by atoms with van der Waals surface area (Å²) < 4.78 is 11.7. The molecule has 140 valence electrons. The van der Waals surface area contributed by atoms with E-state index in [4.69, 9.17) is 9.15 Å². The number of aromatic nitrogens is 2.